The highest BCUT2D eigenvalue weighted by atomic mass is 79.9. The number of aromatic nitrogens is 1. The third-order valence-corrected chi connectivity index (χ3v) is 1.75. The van der Waals surface area contributed by atoms with Crippen molar-refractivity contribution in [2.75, 3.05) is 0 Å². The van der Waals surface area contributed by atoms with Crippen LogP contribution in [0.3, 0.4) is 0 Å². The van der Waals surface area contributed by atoms with Gasteiger partial charge in [-0.15, -0.1) is 0 Å². The van der Waals surface area contributed by atoms with E-state index in [-0.39, 0.29) is 10.9 Å². The molecule has 0 bridgehead atoms. The predicted molar refractivity (Wildman–Crippen MR) is 42.3 cm³/mol. The number of aldehydes is 1. The van der Waals surface area contributed by atoms with E-state index in [2.05, 4.69) is 20.9 Å². The average molecular weight is 254 g/mol. The van der Waals surface area contributed by atoms with Gasteiger partial charge in [0.05, 0.1) is 5.56 Å². The zero-order valence-corrected chi connectivity index (χ0v) is 7.69. The van der Waals surface area contributed by atoms with Crippen molar-refractivity contribution in [2.24, 2.45) is 0 Å². The lowest BCUT2D eigenvalue weighted by Gasteiger charge is -2.07. The highest BCUT2D eigenvalue weighted by Crippen LogP contribution is 2.31. The minimum Gasteiger partial charge on any atom is -0.296 e. The Morgan fingerprint density at radius 1 is 1.38 bits per heavy atom. The number of halogens is 4. The summed E-state index contributed by atoms with van der Waals surface area (Å²) in [7, 11) is 0. The van der Waals surface area contributed by atoms with E-state index in [1.807, 2.05) is 0 Å². The van der Waals surface area contributed by atoms with Crippen LogP contribution in [0.1, 0.15) is 16.1 Å². The molecule has 1 aromatic rings. The summed E-state index contributed by atoms with van der Waals surface area (Å²) in [6.07, 6.45) is -4.46. The van der Waals surface area contributed by atoms with Gasteiger partial charge < -0.3 is 0 Å². The van der Waals surface area contributed by atoms with Gasteiger partial charge in [0.25, 0.3) is 0 Å². The van der Waals surface area contributed by atoms with Gasteiger partial charge >= 0.3 is 6.18 Å². The summed E-state index contributed by atoms with van der Waals surface area (Å²) in [6, 6.07) is 1.94. The second kappa shape index (κ2) is 3.45. The van der Waals surface area contributed by atoms with Crippen LogP contribution in [0, 0.1) is 0 Å². The van der Waals surface area contributed by atoms with Gasteiger partial charge in [0.15, 0.2) is 6.29 Å². The molecule has 0 atom stereocenters. The third-order valence-electron chi connectivity index (χ3n) is 1.31. The number of pyridine rings is 1. The quantitative estimate of drug-likeness (QED) is 0.569. The molecule has 0 aliphatic heterocycles. The van der Waals surface area contributed by atoms with E-state index in [1.165, 1.54) is 0 Å². The number of carbonyl (C=O) groups is 1. The molecule has 6 heteroatoms. The zero-order valence-electron chi connectivity index (χ0n) is 6.10. The molecule has 1 rings (SSSR count). The molecule has 1 aromatic heterocycles. The first-order valence-electron chi connectivity index (χ1n) is 3.14. The molecule has 0 unspecified atom stereocenters. The maximum atomic E-state index is 12.2. The second-order valence-electron chi connectivity index (χ2n) is 2.18. The Morgan fingerprint density at radius 3 is 2.46 bits per heavy atom. The maximum absolute atomic E-state index is 12.2. The monoisotopic (exact) mass is 253 g/mol. The lowest BCUT2D eigenvalue weighted by molar-refractivity contribution is -0.138. The fourth-order valence-electron chi connectivity index (χ4n) is 0.780. The largest absolute Gasteiger partial charge is 0.418 e. The summed E-state index contributed by atoms with van der Waals surface area (Å²) >= 11 is 2.87. The number of hydrogen-bond acceptors (Lipinski definition) is 2. The molecule has 0 aliphatic rings. The number of alkyl halides is 3. The smallest absolute Gasteiger partial charge is 0.296 e. The lowest BCUT2D eigenvalue weighted by Crippen LogP contribution is -2.10. The number of rotatable bonds is 1. The van der Waals surface area contributed by atoms with Crippen LogP contribution in [0.5, 0.6) is 0 Å². The van der Waals surface area contributed by atoms with Crippen molar-refractivity contribution < 1.29 is 18.0 Å². The van der Waals surface area contributed by atoms with Gasteiger partial charge in [-0.05, 0) is 28.1 Å². The molecule has 13 heavy (non-hydrogen) atoms. The molecular formula is C7H3BrF3NO. The van der Waals surface area contributed by atoms with Crippen LogP contribution in [0.2, 0.25) is 0 Å². The summed E-state index contributed by atoms with van der Waals surface area (Å²) < 4.78 is 36.7. The van der Waals surface area contributed by atoms with Crippen molar-refractivity contribution in [1.82, 2.24) is 4.98 Å². The SMILES string of the molecule is O=Cc1nc(Br)ccc1C(F)(F)F. The molecule has 70 valence electrons. The van der Waals surface area contributed by atoms with E-state index >= 15 is 0 Å². The van der Waals surface area contributed by atoms with E-state index in [0.29, 0.717) is 0 Å². The molecule has 1 heterocycles. The topological polar surface area (TPSA) is 30.0 Å². The van der Waals surface area contributed by atoms with Gasteiger partial charge in [-0.1, -0.05) is 0 Å². The van der Waals surface area contributed by atoms with Crippen molar-refractivity contribution >= 4 is 22.2 Å². The van der Waals surface area contributed by atoms with E-state index in [0.717, 1.165) is 12.1 Å². The van der Waals surface area contributed by atoms with Crippen LogP contribution in [-0.2, 0) is 6.18 Å². The fourth-order valence-corrected chi connectivity index (χ4v) is 1.10. The average Bonchev–Trinajstić information content (AvgIpc) is 2.01. The van der Waals surface area contributed by atoms with Crippen molar-refractivity contribution in [2.45, 2.75) is 6.18 Å². The van der Waals surface area contributed by atoms with Crippen LogP contribution in [0.15, 0.2) is 16.7 Å². The number of nitrogens with zero attached hydrogens (tertiary/aromatic N) is 1. The zero-order chi connectivity index (χ0) is 10.1. The van der Waals surface area contributed by atoms with E-state index in [4.69, 9.17) is 0 Å². The summed E-state index contributed by atoms with van der Waals surface area (Å²) in [5.41, 5.74) is -1.63. The summed E-state index contributed by atoms with van der Waals surface area (Å²) in [5.74, 6) is 0. The van der Waals surface area contributed by atoms with Crippen LogP contribution < -0.4 is 0 Å². The molecule has 0 saturated carbocycles. The Kier molecular flexibility index (Phi) is 2.70. The maximum Gasteiger partial charge on any atom is 0.418 e. The van der Waals surface area contributed by atoms with Gasteiger partial charge in [0, 0.05) is 0 Å². The van der Waals surface area contributed by atoms with Gasteiger partial charge in [0.1, 0.15) is 10.3 Å². The molecule has 0 aromatic carbocycles. The van der Waals surface area contributed by atoms with Gasteiger partial charge in [-0.3, -0.25) is 4.79 Å². The molecule has 2 nitrogen and oxygen atoms in total. The fraction of sp³-hybridized carbons (Fsp3) is 0.143. The molecule has 0 aliphatic carbocycles. The first-order chi connectivity index (χ1) is 5.95. The number of hydrogen-bond donors (Lipinski definition) is 0. The molecule has 0 spiro atoms. The Labute approximate surface area is 79.9 Å². The Morgan fingerprint density at radius 2 is 2.00 bits per heavy atom. The first-order valence-corrected chi connectivity index (χ1v) is 3.93. The van der Waals surface area contributed by atoms with Crippen molar-refractivity contribution in [3.05, 3.63) is 28.0 Å². The van der Waals surface area contributed by atoms with Gasteiger partial charge in [-0.25, -0.2) is 4.98 Å². The van der Waals surface area contributed by atoms with Crippen LogP contribution >= 0.6 is 15.9 Å². The molecular weight excluding hydrogens is 251 g/mol. The second-order valence-corrected chi connectivity index (χ2v) is 2.99. The minimum atomic E-state index is -4.54. The molecule has 0 fully saturated rings. The predicted octanol–water partition coefficient (Wildman–Crippen LogP) is 2.68. The molecule has 0 amide bonds. The van der Waals surface area contributed by atoms with Crippen molar-refractivity contribution in [3.8, 4) is 0 Å². The van der Waals surface area contributed by atoms with E-state index < -0.39 is 17.4 Å². The van der Waals surface area contributed by atoms with E-state index in [9.17, 15) is 18.0 Å². The van der Waals surface area contributed by atoms with Gasteiger partial charge in [0.2, 0.25) is 0 Å². The first kappa shape index (κ1) is 10.2. The Balaban J connectivity index is 3.29. The lowest BCUT2D eigenvalue weighted by atomic mass is 10.2. The molecule has 0 radical (unpaired) electrons. The van der Waals surface area contributed by atoms with Crippen LogP contribution in [0.4, 0.5) is 13.2 Å². The summed E-state index contributed by atoms with van der Waals surface area (Å²) in [4.78, 5) is 13.6. The summed E-state index contributed by atoms with van der Waals surface area (Å²) in [6.45, 7) is 0. The normalized spacial score (nSPS) is 11.4. The van der Waals surface area contributed by atoms with Crippen LogP contribution in [-0.4, -0.2) is 11.3 Å². The Hall–Kier alpha value is -0.910. The molecule has 0 saturated heterocycles. The highest BCUT2D eigenvalue weighted by molar-refractivity contribution is 9.10. The highest BCUT2D eigenvalue weighted by Gasteiger charge is 2.33. The minimum absolute atomic E-state index is 0.0770. The molecule has 0 N–H and O–H groups in total. The number of carbonyl (C=O) groups excluding carboxylic acids is 1. The Bertz CT molecular complexity index is 337. The van der Waals surface area contributed by atoms with Crippen molar-refractivity contribution in [3.63, 3.8) is 0 Å². The standard InChI is InChI=1S/C7H3BrF3NO/c8-6-2-1-4(7(9,10)11)5(3-13)12-6/h1-3H. The summed E-state index contributed by atoms with van der Waals surface area (Å²) in [5, 5.41) is 0. The van der Waals surface area contributed by atoms with Gasteiger partial charge in [-0.2, -0.15) is 13.2 Å². The van der Waals surface area contributed by atoms with Crippen molar-refractivity contribution in [1.29, 1.82) is 0 Å². The third kappa shape index (κ3) is 2.27. The van der Waals surface area contributed by atoms with E-state index in [1.54, 1.807) is 0 Å². The van der Waals surface area contributed by atoms with Crippen LogP contribution in [0.25, 0.3) is 0 Å².